The third-order valence-corrected chi connectivity index (χ3v) is 4.28. The fraction of sp³-hybridized carbons (Fsp3) is 0.278. The Labute approximate surface area is 157 Å². The van der Waals surface area contributed by atoms with E-state index in [0.29, 0.717) is 31.1 Å². The standard InChI is InChI=1S/C18H19N3O4.ClH/c19-11-13-8-9-20(12-13)18(22)16-10-14(21(23)24)6-7-17(16)25-15-4-2-1-3-5-15;/h1-7,10,13H,8-9,11-12,19H2;1H. The van der Waals surface area contributed by atoms with Crippen LogP contribution in [-0.4, -0.2) is 35.4 Å². The summed E-state index contributed by atoms with van der Waals surface area (Å²) in [6, 6.07) is 13.1. The molecule has 0 radical (unpaired) electrons. The summed E-state index contributed by atoms with van der Waals surface area (Å²) in [4.78, 5) is 25.1. The van der Waals surface area contributed by atoms with Crippen molar-refractivity contribution in [2.24, 2.45) is 11.7 Å². The number of likely N-dealkylation sites (tertiary alicyclic amines) is 1. The number of hydrogen-bond donors (Lipinski definition) is 1. The highest BCUT2D eigenvalue weighted by molar-refractivity contribution is 5.98. The van der Waals surface area contributed by atoms with Gasteiger partial charge in [0.1, 0.15) is 11.5 Å². The third-order valence-electron chi connectivity index (χ3n) is 4.28. The second kappa shape index (κ2) is 8.64. The molecule has 1 aliphatic rings. The molecule has 7 nitrogen and oxygen atoms in total. The van der Waals surface area contributed by atoms with Crippen LogP contribution in [0.15, 0.2) is 48.5 Å². The van der Waals surface area contributed by atoms with Crippen LogP contribution in [0.3, 0.4) is 0 Å². The summed E-state index contributed by atoms with van der Waals surface area (Å²) in [5.74, 6) is 0.858. The van der Waals surface area contributed by atoms with Crippen LogP contribution in [0.4, 0.5) is 5.69 Å². The summed E-state index contributed by atoms with van der Waals surface area (Å²) in [6.07, 6.45) is 0.839. The van der Waals surface area contributed by atoms with Crippen LogP contribution in [-0.2, 0) is 0 Å². The minimum absolute atomic E-state index is 0. The minimum atomic E-state index is -0.518. The van der Waals surface area contributed by atoms with Crippen LogP contribution in [0.1, 0.15) is 16.8 Å². The summed E-state index contributed by atoms with van der Waals surface area (Å²) in [5, 5.41) is 11.1. The number of para-hydroxylation sites is 1. The molecule has 1 saturated heterocycles. The Morgan fingerprint density at radius 3 is 2.62 bits per heavy atom. The Morgan fingerprint density at radius 2 is 2.00 bits per heavy atom. The van der Waals surface area contributed by atoms with Crippen molar-refractivity contribution in [3.63, 3.8) is 0 Å². The lowest BCUT2D eigenvalue weighted by Crippen LogP contribution is -2.30. The van der Waals surface area contributed by atoms with Gasteiger partial charge in [0, 0.05) is 25.2 Å². The van der Waals surface area contributed by atoms with E-state index in [1.807, 2.05) is 18.2 Å². The Morgan fingerprint density at radius 1 is 1.27 bits per heavy atom. The maximum Gasteiger partial charge on any atom is 0.270 e. The lowest BCUT2D eigenvalue weighted by molar-refractivity contribution is -0.384. The van der Waals surface area contributed by atoms with E-state index in [1.165, 1.54) is 18.2 Å². The molecule has 1 aliphatic heterocycles. The number of rotatable bonds is 5. The van der Waals surface area contributed by atoms with Gasteiger partial charge in [-0.05, 0) is 37.1 Å². The zero-order chi connectivity index (χ0) is 17.8. The van der Waals surface area contributed by atoms with Crippen LogP contribution in [0.25, 0.3) is 0 Å². The zero-order valence-corrected chi connectivity index (χ0v) is 14.9. The normalized spacial score (nSPS) is 16.0. The number of benzene rings is 2. The molecule has 1 atom stereocenters. The second-order valence-electron chi connectivity index (χ2n) is 5.99. The molecule has 0 aromatic heterocycles. The van der Waals surface area contributed by atoms with Gasteiger partial charge < -0.3 is 15.4 Å². The number of nitrogens with two attached hydrogens (primary N) is 1. The molecule has 2 aromatic carbocycles. The number of ether oxygens (including phenoxy) is 1. The van der Waals surface area contributed by atoms with E-state index in [-0.39, 0.29) is 35.5 Å². The lowest BCUT2D eigenvalue weighted by Gasteiger charge is -2.18. The van der Waals surface area contributed by atoms with E-state index < -0.39 is 4.92 Å². The van der Waals surface area contributed by atoms with Crippen LogP contribution in [0, 0.1) is 16.0 Å². The molecule has 26 heavy (non-hydrogen) atoms. The van der Waals surface area contributed by atoms with E-state index >= 15 is 0 Å². The monoisotopic (exact) mass is 377 g/mol. The summed E-state index contributed by atoms with van der Waals surface area (Å²) < 4.78 is 5.78. The van der Waals surface area contributed by atoms with Crippen LogP contribution in [0.5, 0.6) is 11.5 Å². The first-order chi connectivity index (χ1) is 12.1. The van der Waals surface area contributed by atoms with Gasteiger partial charge in [-0.1, -0.05) is 18.2 Å². The molecule has 0 saturated carbocycles. The van der Waals surface area contributed by atoms with Crippen LogP contribution < -0.4 is 10.5 Å². The van der Waals surface area contributed by atoms with Crippen LogP contribution in [0.2, 0.25) is 0 Å². The Bertz CT molecular complexity index is 785. The summed E-state index contributed by atoms with van der Waals surface area (Å²) in [5.41, 5.74) is 5.73. The molecule has 2 aromatic rings. The average molecular weight is 378 g/mol. The summed E-state index contributed by atoms with van der Waals surface area (Å²) in [7, 11) is 0. The molecule has 1 fully saturated rings. The molecule has 1 heterocycles. The first kappa shape index (κ1) is 19.7. The van der Waals surface area contributed by atoms with Gasteiger partial charge in [-0.25, -0.2) is 0 Å². The highest BCUT2D eigenvalue weighted by atomic mass is 35.5. The predicted molar refractivity (Wildman–Crippen MR) is 99.9 cm³/mol. The molecule has 0 aliphatic carbocycles. The number of non-ortho nitro benzene ring substituents is 1. The van der Waals surface area contributed by atoms with Crippen molar-refractivity contribution in [2.75, 3.05) is 19.6 Å². The van der Waals surface area contributed by atoms with E-state index in [2.05, 4.69) is 0 Å². The summed E-state index contributed by atoms with van der Waals surface area (Å²) >= 11 is 0. The van der Waals surface area contributed by atoms with Crippen molar-refractivity contribution >= 4 is 24.0 Å². The van der Waals surface area contributed by atoms with E-state index in [9.17, 15) is 14.9 Å². The third kappa shape index (κ3) is 4.30. The zero-order valence-electron chi connectivity index (χ0n) is 14.0. The molecule has 3 rings (SSSR count). The van der Waals surface area contributed by atoms with Gasteiger partial charge in [-0.15, -0.1) is 12.4 Å². The number of nitro benzene ring substituents is 1. The van der Waals surface area contributed by atoms with Crippen molar-refractivity contribution < 1.29 is 14.5 Å². The van der Waals surface area contributed by atoms with E-state index in [4.69, 9.17) is 10.5 Å². The molecule has 2 N–H and O–H groups in total. The first-order valence-electron chi connectivity index (χ1n) is 8.09. The Kier molecular flexibility index (Phi) is 6.54. The quantitative estimate of drug-likeness (QED) is 0.637. The van der Waals surface area contributed by atoms with Crippen molar-refractivity contribution in [3.05, 3.63) is 64.2 Å². The highest BCUT2D eigenvalue weighted by Gasteiger charge is 2.29. The predicted octanol–water partition coefficient (Wildman–Crippen LogP) is 3.23. The molecule has 8 heteroatoms. The molecule has 1 unspecified atom stereocenters. The molecule has 1 amide bonds. The maximum absolute atomic E-state index is 12.9. The number of nitrogens with zero attached hydrogens (tertiary/aromatic N) is 2. The summed E-state index contributed by atoms with van der Waals surface area (Å²) in [6.45, 7) is 1.67. The number of carbonyl (C=O) groups is 1. The van der Waals surface area contributed by atoms with Crippen molar-refractivity contribution in [1.29, 1.82) is 0 Å². The molecule has 0 bridgehead atoms. The van der Waals surface area contributed by atoms with E-state index in [1.54, 1.807) is 17.0 Å². The minimum Gasteiger partial charge on any atom is -0.457 e. The van der Waals surface area contributed by atoms with Gasteiger partial charge in [0.2, 0.25) is 0 Å². The van der Waals surface area contributed by atoms with Gasteiger partial charge in [-0.3, -0.25) is 14.9 Å². The number of nitro groups is 1. The smallest absolute Gasteiger partial charge is 0.270 e. The fourth-order valence-corrected chi connectivity index (χ4v) is 2.88. The number of amides is 1. The Hall–Kier alpha value is -2.64. The van der Waals surface area contributed by atoms with Crippen molar-refractivity contribution in [1.82, 2.24) is 4.90 Å². The molecule has 138 valence electrons. The average Bonchev–Trinajstić information content (AvgIpc) is 3.11. The van der Waals surface area contributed by atoms with E-state index in [0.717, 1.165) is 6.42 Å². The van der Waals surface area contributed by atoms with Gasteiger partial charge in [0.05, 0.1) is 10.5 Å². The number of hydrogen-bond acceptors (Lipinski definition) is 5. The largest absolute Gasteiger partial charge is 0.457 e. The number of carbonyl (C=O) groups excluding carboxylic acids is 1. The lowest BCUT2D eigenvalue weighted by atomic mass is 10.1. The van der Waals surface area contributed by atoms with Crippen LogP contribution >= 0.6 is 12.4 Å². The fourth-order valence-electron chi connectivity index (χ4n) is 2.88. The second-order valence-corrected chi connectivity index (χ2v) is 5.99. The highest BCUT2D eigenvalue weighted by Crippen LogP contribution is 2.31. The van der Waals surface area contributed by atoms with Gasteiger partial charge in [0.25, 0.3) is 11.6 Å². The maximum atomic E-state index is 12.9. The van der Waals surface area contributed by atoms with Crippen molar-refractivity contribution in [3.8, 4) is 11.5 Å². The number of halogens is 1. The van der Waals surface area contributed by atoms with Gasteiger partial charge in [0.15, 0.2) is 0 Å². The van der Waals surface area contributed by atoms with Crippen molar-refractivity contribution in [2.45, 2.75) is 6.42 Å². The van der Waals surface area contributed by atoms with Gasteiger partial charge in [-0.2, -0.15) is 0 Å². The SMILES string of the molecule is Cl.NCC1CCN(C(=O)c2cc([N+](=O)[O-])ccc2Oc2ccccc2)C1. The molecular formula is C18H20ClN3O4. The molecule has 0 spiro atoms. The molecular weight excluding hydrogens is 358 g/mol. The first-order valence-corrected chi connectivity index (χ1v) is 8.09. The Balaban J connectivity index is 0.00000243. The topological polar surface area (TPSA) is 98.7 Å². The van der Waals surface area contributed by atoms with Gasteiger partial charge >= 0.3 is 0 Å².